The minimum Gasteiger partial charge on any atom is -0.315 e. The molecule has 1 aromatic heterocycles. The van der Waals surface area contributed by atoms with E-state index in [-0.39, 0.29) is 5.56 Å². The summed E-state index contributed by atoms with van der Waals surface area (Å²) < 4.78 is 1.75. The largest absolute Gasteiger partial charge is 0.315 e. The van der Waals surface area contributed by atoms with Crippen molar-refractivity contribution < 1.29 is 0 Å². The zero-order valence-electron chi connectivity index (χ0n) is 7.00. The lowest BCUT2D eigenvalue weighted by Gasteiger charge is -2.02. The third kappa shape index (κ3) is 1.93. The van der Waals surface area contributed by atoms with Gasteiger partial charge in [0.25, 0.3) is 5.56 Å². The van der Waals surface area contributed by atoms with Crippen molar-refractivity contribution in [3.05, 3.63) is 34.2 Å². The van der Waals surface area contributed by atoms with Crippen LogP contribution in [0.15, 0.2) is 23.1 Å². The van der Waals surface area contributed by atoms with E-state index in [4.69, 9.17) is 0 Å². The molecule has 0 unspecified atom stereocenters. The molecule has 0 atom stereocenters. The second-order valence-electron chi connectivity index (χ2n) is 2.74. The fourth-order valence-corrected chi connectivity index (χ4v) is 1.07. The maximum atomic E-state index is 11.1. The van der Waals surface area contributed by atoms with Gasteiger partial charge in [0.1, 0.15) is 0 Å². The van der Waals surface area contributed by atoms with E-state index < -0.39 is 0 Å². The molecule has 0 N–H and O–H groups in total. The predicted octanol–water partition coefficient (Wildman–Crippen LogP) is 1.57. The van der Waals surface area contributed by atoms with Gasteiger partial charge < -0.3 is 4.57 Å². The molecule has 1 aromatic rings. The van der Waals surface area contributed by atoms with Crippen molar-refractivity contribution in [2.24, 2.45) is 0 Å². The summed E-state index contributed by atoms with van der Waals surface area (Å²) in [7, 11) is 0. The van der Waals surface area contributed by atoms with E-state index in [0.717, 1.165) is 18.5 Å². The van der Waals surface area contributed by atoms with Crippen LogP contribution in [-0.4, -0.2) is 4.57 Å². The number of pyridine rings is 1. The van der Waals surface area contributed by atoms with Gasteiger partial charge in [0.2, 0.25) is 0 Å². The lowest BCUT2D eigenvalue weighted by atomic mass is 10.3. The number of hydrogen-bond donors (Lipinski definition) is 0. The Morgan fingerprint density at radius 3 is 2.82 bits per heavy atom. The normalized spacial score (nSPS) is 10.0. The van der Waals surface area contributed by atoms with E-state index >= 15 is 0 Å². The van der Waals surface area contributed by atoms with Crippen LogP contribution in [0.5, 0.6) is 0 Å². The molecule has 2 nitrogen and oxygen atoms in total. The third-order valence-corrected chi connectivity index (χ3v) is 1.60. The maximum Gasteiger partial charge on any atom is 0.250 e. The van der Waals surface area contributed by atoms with E-state index in [1.165, 1.54) is 0 Å². The van der Waals surface area contributed by atoms with Gasteiger partial charge in [0.15, 0.2) is 0 Å². The fraction of sp³-hybridized carbons (Fsp3) is 0.444. The summed E-state index contributed by atoms with van der Waals surface area (Å²) in [5, 5.41) is 0. The van der Waals surface area contributed by atoms with Gasteiger partial charge in [-0.3, -0.25) is 4.79 Å². The molecule has 0 bridgehead atoms. The second kappa shape index (κ2) is 3.37. The van der Waals surface area contributed by atoms with Crippen molar-refractivity contribution in [2.45, 2.75) is 26.8 Å². The predicted molar refractivity (Wildman–Crippen MR) is 45.7 cm³/mol. The van der Waals surface area contributed by atoms with Gasteiger partial charge in [-0.15, -0.1) is 0 Å². The molecule has 0 aliphatic heterocycles. The molecular weight excluding hydrogens is 138 g/mol. The Morgan fingerprint density at radius 1 is 1.45 bits per heavy atom. The minimum atomic E-state index is 0.0949. The van der Waals surface area contributed by atoms with Crippen LogP contribution in [0.4, 0.5) is 0 Å². The Kier molecular flexibility index (Phi) is 2.47. The van der Waals surface area contributed by atoms with Crippen LogP contribution in [0.2, 0.25) is 0 Å². The van der Waals surface area contributed by atoms with E-state index in [9.17, 15) is 4.79 Å². The molecule has 0 saturated heterocycles. The minimum absolute atomic E-state index is 0.0949. The highest BCUT2D eigenvalue weighted by Gasteiger charge is 1.92. The summed E-state index contributed by atoms with van der Waals surface area (Å²) >= 11 is 0. The monoisotopic (exact) mass is 151 g/mol. The zero-order valence-corrected chi connectivity index (χ0v) is 7.00. The molecule has 0 spiro atoms. The first-order chi connectivity index (χ1) is 5.24. The average Bonchev–Trinajstić information content (AvgIpc) is 1.98. The van der Waals surface area contributed by atoms with Crippen molar-refractivity contribution in [1.29, 1.82) is 0 Å². The van der Waals surface area contributed by atoms with E-state index in [1.54, 1.807) is 10.6 Å². The number of nitrogens with zero attached hydrogens (tertiary/aromatic N) is 1. The van der Waals surface area contributed by atoms with Crippen LogP contribution in [0.1, 0.15) is 18.9 Å². The first-order valence-corrected chi connectivity index (χ1v) is 3.91. The van der Waals surface area contributed by atoms with Gasteiger partial charge in [-0.1, -0.05) is 13.0 Å². The quantitative estimate of drug-likeness (QED) is 0.628. The summed E-state index contributed by atoms with van der Waals surface area (Å²) in [6.45, 7) is 4.88. The molecule has 1 heterocycles. The molecule has 2 heteroatoms. The Hall–Kier alpha value is -1.05. The summed E-state index contributed by atoms with van der Waals surface area (Å²) in [5.74, 6) is 0. The van der Waals surface area contributed by atoms with Gasteiger partial charge in [0.05, 0.1) is 0 Å². The highest BCUT2D eigenvalue weighted by Crippen LogP contribution is 1.92. The summed E-state index contributed by atoms with van der Waals surface area (Å²) in [6.07, 6.45) is 2.90. The molecule has 0 fully saturated rings. The molecular formula is C9H13NO. The number of hydrogen-bond acceptors (Lipinski definition) is 1. The summed E-state index contributed by atoms with van der Waals surface area (Å²) in [6, 6.07) is 3.46. The average molecular weight is 151 g/mol. The molecule has 0 saturated carbocycles. The Labute approximate surface area is 66.5 Å². The van der Waals surface area contributed by atoms with Crippen LogP contribution >= 0.6 is 0 Å². The van der Waals surface area contributed by atoms with Crippen LogP contribution in [0, 0.1) is 6.92 Å². The van der Waals surface area contributed by atoms with E-state index in [0.29, 0.717) is 0 Å². The van der Waals surface area contributed by atoms with Gasteiger partial charge in [-0.25, -0.2) is 0 Å². The van der Waals surface area contributed by atoms with Crippen molar-refractivity contribution in [2.75, 3.05) is 0 Å². The molecule has 0 aliphatic rings. The van der Waals surface area contributed by atoms with Gasteiger partial charge >= 0.3 is 0 Å². The topological polar surface area (TPSA) is 22.0 Å². The zero-order chi connectivity index (χ0) is 8.27. The number of aromatic nitrogens is 1. The molecule has 11 heavy (non-hydrogen) atoms. The molecule has 60 valence electrons. The summed E-state index contributed by atoms with van der Waals surface area (Å²) in [5.41, 5.74) is 1.23. The smallest absolute Gasteiger partial charge is 0.250 e. The lowest BCUT2D eigenvalue weighted by Crippen LogP contribution is -2.18. The third-order valence-electron chi connectivity index (χ3n) is 1.60. The number of rotatable bonds is 2. The van der Waals surface area contributed by atoms with Gasteiger partial charge in [0, 0.05) is 18.8 Å². The second-order valence-corrected chi connectivity index (χ2v) is 2.74. The molecule has 0 amide bonds. The SMILES string of the molecule is CCCn1cc(C)ccc1=O. The van der Waals surface area contributed by atoms with E-state index in [2.05, 4.69) is 6.92 Å². The van der Waals surface area contributed by atoms with Crippen molar-refractivity contribution in [1.82, 2.24) is 4.57 Å². The Bertz CT molecular complexity index is 288. The standard InChI is InChI=1S/C9H13NO/c1-3-6-10-7-8(2)4-5-9(10)11/h4-5,7H,3,6H2,1-2H3. The van der Waals surface area contributed by atoms with Crippen molar-refractivity contribution in [3.63, 3.8) is 0 Å². The Morgan fingerprint density at radius 2 is 2.18 bits per heavy atom. The fourth-order valence-electron chi connectivity index (χ4n) is 1.07. The van der Waals surface area contributed by atoms with Crippen LogP contribution in [-0.2, 0) is 6.54 Å². The first-order valence-electron chi connectivity index (χ1n) is 3.91. The van der Waals surface area contributed by atoms with Crippen molar-refractivity contribution in [3.8, 4) is 0 Å². The maximum absolute atomic E-state index is 11.1. The van der Waals surface area contributed by atoms with Gasteiger partial charge in [-0.2, -0.15) is 0 Å². The molecule has 0 aliphatic carbocycles. The van der Waals surface area contributed by atoms with Crippen LogP contribution in [0.25, 0.3) is 0 Å². The van der Waals surface area contributed by atoms with Gasteiger partial charge in [-0.05, 0) is 18.9 Å². The number of aryl methyl sites for hydroxylation is 2. The molecule has 0 radical (unpaired) electrons. The highest BCUT2D eigenvalue weighted by atomic mass is 16.1. The van der Waals surface area contributed by atoms with Crippen molar-refractivity contribution >= 4 is 0 Å². The Balaban J connectivity index is 3.03. The summed E-state index contributed by atoms with van der Waals surface area (Å²) in [4.78, 5) is 11.1. The molecule has 0 aromatic carbocycles. The van der Waals surface area contributed by atoms with Crippen LogP contribution in [0.3, 0.4) is 0 Å². The highest BCUT2D eigenvalue weighted by molar-refractivity contribution is 5.06. The van der Waals surface area contributed by atoms with Crippen LogP contribution < -0.4 is 5.56 Å². The first kappa shape index (κ1) is 8.05. The molecule has 1 rings (SSSR count). The lowest BCUT2D eigenvalue weighted by molar-refractivity contribution is 0.651. The van der Waals surface area contributed by atoms with E-state index in [1.807, 2.05) is 19.2 Å².